The summed E-state index contributed by atoms with van der Waals surface area (Å²) in [5.41, 5.74) is 1.83. The van der Waals surface area contributed by atoms with Crippen LogP contribution in [-0.4, -0.2) is 65.3 Å². The van der Waals surface area contributed by atoms with E-state index in [1.54, 1.807) is 21.9 Å². The minimum absolute atomic E-state index is 0.0493. The van der Waals surface area contributed by atoms with Gasteiger partial charge in [0.2, 0.25) is 5.91 Å². The largest absolute Gasteiger partial charge is 0.338 e. The number of piperazine rings is 1. The van der Waals surface area contributed by atoms with E-state index >= 15 is 0 Å². The number of halogens is 1. The summed E-state index contributed by atoms with van der Waals surface area (Å²) in [6.07, 6.45) is 0. The first-order valence-electron chi connectivity index (χ1n) is 9.48. The average molecular weight is 396 g/mol. The molecule has 2 aliphatic heterocycles. The monoisotopic (exact) mass is 396 g/mol. The standard InChI is InChI=1S/C21H21FN4O3/c22-17-6-7-18-16(12-17)13-26(21(29)23-18)14-19(27)24-8-10-25(11-9-24)20(28)15-4-2-1-3-5-15/h1-7,12H,8-11,13-14H2,(H,23,29). The van der Waals surface area contributed by atoms with Gasteiger partial charge in [-0.25, -0.2) is 9.18 Å². The Kier molecular flexibility index (Phi) is 5.16. The second-order valence-corrected chi connectivity index (χ2v) is 7.13. The molecule has 1 fully saturated rings. The lowest BCUT2D eigenvalue weighted by molar-refractivity contribution is -0.133. The van der Waals surface area contributed by atoms with Gasteiger partial charge in [0.1, 0.15) is 12.4 Å². The third-order valence-corrected chi connectivity index (χ3v) is 5.22. The van der Waals surface area contributed by atoms with Gasteiger partial charge >= 0.3 is 6.03 Å². The second kappa shape index (κ2) is 7.90. The fraction of sp³-hybridized carbons (Fsp3) is 0.286. The Bertz CT molecular complexity index is 942. The minimum atomic E-state index is -0.384. The molecular weight excluding hydrogens is 375 g/mol. The summed E-state index contributed by atoms with van der Waals surface area (Å²) >= 11 is 0. The number of rotatable bonds is 3. The normalized spacial score (nSPS) is 16.3. The van der Waals surface area contributed by atoms with Crippen molar-refractivity contribution in [1.82, 2.24) is 14.7 Å². The van der Waals surface area contributed by atoms with Crippen molar-refractivity contribution in [3.05, 3.63) is 65.5 Å². The van der Waals surface area contributed by atoms with Crippen LogP contribution in [0.3, 0.4) is 0 Å². The summed E-state index contributed by atoms with van der Waals surface area (Å²) < 4.78 is 13.5. The highest BCUT2D eigenvalue weighted by atomic mass is 19.1. The van der Waals surface area contributed by atoms with Gasteiger partial charge in [-0.1, -0.05) is 18.2 Å². The maximum Gasteiger partial charge on any atom is 0.322 e. The number of amides is 4. The first-order chi connectivity index (χ1) is 14.0. The molecule has 0 atom stereocenters. The molecule has 0 aliphatic carbocycles. The average Bonchev–Trinajstić information content (AvgIpc) is 2.75. The molecule has 0 bridgehead atoms. The Morgan fingerprint density at radius 2 is 1.66 bits per heavy atom. The number of nitrogens with one attached hydrogen (secondary N) is 1. The van der Waals surface area contributed by atoms with Gasteiger partial charge in [0.05, 0.1) is 6.54 Å². The van der Waals surface area contributed by atoms with Gasteiger partial charge in [-0.3, -0.25) is 9.59 Å². The van der Waals surface area contributed by atoms with Crippen molar-refractivity contribution in [2.45, 2.75) is 6.54 Å². The molecule has 2 aromatic rings. The highest BCUT2D eigenvalue weighted by Crippen LogP contribution is 2.24. The summed E-state index contributed by atoms with van der Waals surface area (Å²) in [7, 11) is 0. The molecule has 0 unspecified atom stereocenters. The fourth-order valence-electron chi connectivity index (χ4n) is 3.60. The molecule has 2 aromatic carbocycles. The lowest BCUT2D eigenvalue weighted by atomic mass is 10.1. The zero-order valence-corrected chi connectivity index (χ0v) is 15.8. The quantitative estimate of drug-likeness (QED) is 0.864. The summed E-state index contributed by atoms with van der Waals surface area (Å²) in [5.74, 6) is -0.621. The highest BCUT2D eigenvalue weighted by molar-refractivity contribution is 5.95. The van der Waals surface area contributed by atoms with Crippen molar-refractivity contribution in [2.75, 3.05) is 38.0 Å². The van der Waals surface area contributed by atoms with Gasteiger partial charge in [-0.15, -0.1) is 0 Å². The van der Waals surface area contributed by atoms with Crippen LogP contribution < -0.4 is 5.32 Å². The molecule has 0 radical (unpaired) electrons. The van der Waals surface area contributed by atoms with Crippen molar-refractivity contribution in [3.8, 4) is 0 Å². The molecule has 2 heterocycles. The molecule has 1 N–H and O–H groups in total. The van der Waals surface area contributed by atoms with Gasteiger partial charge in [0.25, 0.3) is 5.91 Å². The third-order valence-electron chi connectivity index (χ3n) is 5.22. The van der Waals surface area contributed by atoms with Gasteiger partial charge in [-0.05, 0) is 35.9 Å². The molecule has 29 heavy (non-hydrogen) atoms. The lowest BCUT2D eigenvalue weighted by Crippen LogP contribution is -2.53. The van der Waals surface area contributed by atoms with Crippen LogP contribution in [-0.2, 0) is 11.3 Å². The Balaban J connectivity index is 1.33. The Morgan fingerprint density at radius 1 is 0.966 bits per heavy atom. The van der Waals surface area contributed by atoms with Gasteiger partial charge in [0.15, 0.2) is 0 Å². The van der Waals surface area contributed by atoms with E-state index in [2.05, 4.69) is 5.32 Å². The molecule has 8 heteroatoms. The van der Waals surface area contributed by atoms with Crippen LogP contribution in [0.5, 0.6) is 0 Å². The Hall–Kier alpha value is -3.42. The SMILES string of the molecule is O=C(CN1Cc2cc(F)ccc2NC1=O)N1CCN(C(=O)c2ccccc2)CC1. The number of anilines is 1. The van der Waals surface area contributed by atoms with Crippen LogP contribution in [0.15, 0.2) is 48.5 Å². The number of hydrogen-bond acceptors (Lipinski definition) is 3. The van der Waals surface area contributed by atoms with Crippen LogP contribution in [0.2, 0.25) is 0 Å². The first kappa shape index (κ1) is 18.9. The van der Waals surface area contributed by atoms with Crippen LogP contribution in [0.4, 0.5) is 14.9 Å². The number of urea groups is 1. The molecule has 7 nitrogen and oxygen atoms in total. The number of carbonyl (C=O) groups excluding carboxylic acids is 3. The van der Waals surface area contributed by atoms with Crippen molar-refractivity contribution in [2.24, 2.45) is 0 Å². The third kappa shape index (κ3) is 4.06. The highest BCUT2D eigenvalue weighted by Gasteiger charge is 2.29. The van der Waals surface area contributed by atoms with Crippen LogP contribution in [0.25, 0.3) is 0 Å². The molecular formula is C21H21FN4O3. The van der Waals surface area contributed by atoms with E-state index in [4.69, 9.17) is 0 Å². The van der Waals surface area contributed by atoms with E-state index in [0.29, 0.717) is 43.0 Å². The number of benzene rings is 2. The van der Waals surface area contributed by atoms with Crippen LogP contribution in [0, 0.1) is 5.82 Å². The summed E-state index contributed by atoms with van der Waals surface area (Å²) in [4.78, 5) is 42.2. The first-order valence-corrected chi connectivity index (χ1v) is 9.48. The van der Waals surface area contributed by atoms with Crippen LogP contribution in [0.1, 0.15) is 15.9 Å². The van der Waals surface area contributed by atoms with E-state index in [9.17, 15) is 18.8 Å². The van der Waals surface area contributed by atoms with Crippen molar-refractivity contribution in [1.29, 1.82) is 0 Å². The molecule has 0 spiro atoms. The van der Waals surface area contributed by atoms with Crippen molar-refractivity contribution in [3.63, 3.8) is 0 Å². The number of carbonyl (C=O) groups is 3. The maximum absolute atomic E-state index is 13.5. The van der Waals surface area contributed by atoms with Crippen LogP contribution >= 0.6 is 0 Å². The Labute approximate surface area is 167 Å². The molecule has 0 saturated carbocycles. The van der Waals surface area contributed by atoms with Crippen molar-refractivity contribution < 1.29 is 18.8 Å². The molecule has 2 aliphatic rings. The predicted octanol–water partition coefficient (Wildman–Crippen LogP) is 2.16. The summed E-state index contributed by atoms with van der Waals surface area (Å²) in [5, 5.41) is 2.68. The summed E-state index contributed by atoms with van der Waals surface area (Å²) in [6, 6.07) is 12.8. The topological polar surface area (TPSA) is 73.0 Å². The number of hydrogen-bond donors (Lipinski definition) is 1. The summed E-state index contributed by atoms with van der Waals surface area (Å²) in [6.45, 7) is 1.81. The zero-order valence-electron chi connectivity index (χ0n) is 15.8. The predicted molar refractivity (Wildman–Crippen MR) is 105 cm³/mol. The molecule has 4 amide bonds. The van der Waals surface area contributed by atoms with E-state index in [-0.39, 0.29) is 36.8 Å². The smallest absolute Gasteiger partial charge is 0.322 e. The van der Waals surface area contributed by atoms with E-state index in [1.165, 1.54) is 23.1 Å². The maximum atomic E-state index is 13.5. The van der Waals surface area contributed by atoms with Crippen molar-refractivity contribution >= 4 is 23.5 Å². The van der Waals surface area contributed by atoms with Gasteiger partial charge < -0.3 is 20.0 Å². The minimum Gasteiger partial charge on any atom is -0.338 e. The van der Waals surface area contributed by atoms with Gasteiger partial charge in [0, 0.05) is 37.4 Å². The number of nitrogens with zero attached hydrogens (tertiary/aromatic N) is 3. The van der Waals surface area contributed by atoms with Gasteiger partial charge in [-0.2, -0.15) is 0 Å². The zero-order chi connectivity index (χ0) is 20.4. The second-order valence-electron chi connectivity index (χ2n) is 7.13. The molecule has 4 rings (SSSR count). The molecule has 1 saturated heterocycles. The fourth-order valence-corrected chi connectivity index (χ4v) is 3.60. The lowest BCUT2D eigenvalue weighted by Gasteiger charge is -2.36. The molecule has 150 valence electrons. The number of fused-ring (bicyclic) bond motifs is 1. The molecule has 0 aromatic heterocycles. The van der Waals surface area contributed by atoms with E-state index in [0.717, 1.165) is 0 Å². The Morgan fingerprint density at radius 3 is 2.38 bits per heavy atom. The van der Waals surface area contributed by atoms with E-state index < -0.39 is 0 Å². The van der Waals surface area contributed by atoms with E-state index in [1.807, 2.05) is 18.2 Å².